The topological polar surface area (TPSA) is 48.1 Å². The van der Waals surface area contributed by atoms with Gasteiger partial charge in [-0.15, -0.1) is 0 Å². The molecule has 0 saturated heterocycles. The van der Waals surface area contributed by atoms with E-state index in [1.165, 1.54) is 11.1 Å². The van der Waals surface area contributed by atoms with Crippen molar-refractivity contribution >= 4 is 5.82 Å². The SMILES string of the molecule is Cc1nc(N)ccc1CC1COc2ccccc2C1. The second-order valence-electron chi connectivity index (χ2n) is 5.17. The Hall–Kier alpha value is -2.03. The monoisotopic (exact) mass is 254 g/mol. The summed E-state index contributed by atoms with van der Waals surface area (Å²) in [5.41, 5.74) is 9.29. The summed E-state index contributed by atoms with van der Waals surface area (Å²) in [7, 11) is 0. The van der Waals surface area contributed by atoms with Crippen LogP contribution in [0.4, 0.5) is 5.82 Å². The highest BCUT2D eigenvalue weighted by molar-refractivity contribution is 5.37. The number of para-hydroxylation sites is 1. The van der Waals surface area contributed by atoms with Crippen molar-refractivity contribution in [1.29, 1.82) is 0 Å². The maximum Gasteiger partial charge on any atom is 0.123 e. The van der Waals surface area contributed by atoms with Gasteiger partial charge < -0.3 is 10.5 Å². The zero-order valence-electron chi connectivity index (χ0n) is 11.1. The molecule has 0 amide bonds. The number of nitrogens with zero attached hydrogens (tertiary/aromatic N) is 1. The third-order valence-corrected chi connectivity index (χ3v) is 3.68. The normalized spacial score (nSPS) is 17.6. The lowest BCUT2D eigenvalue weighted by molar-refractivity contribution is 0.221. The van der Waals surface area contributed by atoms with Crippen molar-refractivity contribution in [3.05, 3.63) is 53.2 Å². The van der Waals surface area contributed by atoms with Crippen molar-refractivity contribution in [3.63, 3.8) is 0 Å². The van der Waals surface area contributed by atoms with Crippen LogP contribution in [-0.4, -0.2) is 11.6 Å². The highest BCUT2D eigenvalue weighted by Crippen LogP contribution is 2.28. The number of benzene rings is 1. The first-order chi connectivity index (χ1) is 9.22. The standard InChI is InChI=1S/C16H18N2O/c1-11-13(6-7-16(17)18-11)8-12-9-14-4-2-3-5-15(14)19-10-12/h2-7,12H,8-10H2,1H3,(H2,17,18). The number of nitrogen functional groups attached to an aromatic ring is 1. The van der Waals surface area contributed by atoms with Crippen molar-refractivity contribution < 1.29 is 4.74 Å². The van der Waals surface area contributed by atoms with Gasteiger partial charge in [-0.1, -0.05) is 24.3 Å². The molecule has 19 heavy (non-hydrogen) atoms. The lowest BCUT2D eigenvalue weighted by Crippen LogP contribution is -2.23. The number of ether oxygens (including phenoxy) is 1. The molecule has 3 heteroatoms. The van der Waals surface area contributed by atoms with Crippen molar-refractivity contribution in [3.8, 4) is 5.75 Å². The van der Waals surface area contributed by atoms with E-state index in [9.17, 15) is 0 Å². The Morgan fingerprint density at radius 2 is 2.11 bits per heavy atom. The molecule has 1 atom stereocenters. The first kappa shape index (κ1) is 12.0. The number of fused-ring (bicyclic) bond motifs is 1. The molecular formula is C16H18N2O. The van der Waals surface area contributed by atoms with Crippen LogP contribution in [0, 0.1) is 12.8 Å². The number of hydrogen-bond donors (Lipinski definition) is 1. The lowest BCUT2D eigenvalue weighted by atomic mass is 9.90. The van der Waals surface area contributed by atoms with E-state index in [4.69, 9.17) is 10.5 Å². The molecule has 1 aliphatic heterocycles. The molecule has 0 bridgehead atoms. The molecule has 1 unspecified atom stereocenters. The molecular weight excluding hydrogens is 236 g/mol. The number of nitrogens with two attached hydrogens (primary N) is 1. The Labute approximate surface area is 113 Å². The van der Waals surface area contributed by atoms with Gasteiger partial charge in [0.2, 0.25) is 0 Å². The van der Waals surface area contributed by atoms with Crippen LogP contribution < -0.4 is 10.5 Å². The number of aryl methyl sites for hydroxylation is 1. The fourth-order valence-electron chi connectivity index (χ4n) is 2.66. The van der Waals surface area contributed by atoms with E-state index in [2.05, 4.69) is 23.2 Å². The molecule has 2 heterocycles. The van der Waals surface area contributed by atoms with Crippen molar-refractivity contribution in [1.82, 2.24) is 4.98 Å². The maximum atomic E-state index is 5.83. The van der Waals surface area contributed by atoms with Gasteiger partial charge in [-0.25, -0.2) is 4.98 Å². The molecule has 98 valence electrons. The zero-order valence-corrected chi connectivity index (χ0v) is 11.1. The van der Waals surface area contributed by atoms with Gasteiger partial charge in [0.25, 0.3) is 0 Å². The van der Waals surface area contributed by atoms with E-state index in [0.717, 1.165) is 30.9 Å². The number of pyridine rings is 1. The molecule has 2 aromatic rings. The van der Waals surface area contributed by atoms with Gasteiger partial charge in [0, 0.05) is 11.6 Å². The van der Waals surface area contributed by atoms with Gasteiger partial charge in [-0.3, -0.25) is 0 Å². The van der Waals surface area contributed by atoms with E-state index in [0.29, 0.717) is 11.7 Å². The van der Waals surface area contributed by atoms with Gasteiger partial charge in [0.1, 0.15) is 11.6 Å². The molecule has 3 nitrogen and oxygen atoms in total. The fraction of sp³-hybridized carbons (Fsp3) is 0.312. The third-order valence-electron chi connectivity index (χ3n) is 3.68. The predicted molar refractivity (Wildman–Crippen MR) is 76.2 cm³/mol. The smallest absolute Gasteiger partial charge is 0.123 e. The minimum Gasteiger partial charge on any atom is -0.493 e. The lowest BCUT2D eigenvalue weighted by Gasteiger charge is -2.25. The van der Waals surface area contributed by atoms with Crippen molar-refractivity contribution in [2.24, 2.45) is 5.92 Å². The summed E-state index contributed by atoms with van der Waals surface area (Å²) < 4.78 is 5.83. The summed E-state index contributed by atoms with van der Waals surface area (Å²) in [6.45, 7) is 2.80. The highest BCUT2D eigenvalue weighted by Gasteiger charge is 2.20. The number of hydrogen-bond acceptors (Lipinski definition) is 3. The molecule has 0 spiro atoms. The average molecular weight is 254 g/mol. The maximum absolute atomic E-state index is 5.83. The fourth-order valence-corrected chi connectivity index (χ4v) is 2.66. The van der Waals surface area contributed by atoms with Crippen LogP contribution in [0.25, 0.3) is 0 Å². The average Bonchev–Trinajstić information content (AvgIpc) is 2.42. The van der Waals surface area contributed by atoms with Crippen molar-refractivity contribution in [2.75, 3.05) is 12.3 Å². The van der Waals surface area contributed by atoms with E-state index < -0.39 is 0 Å². The number of aromatic nitrogens is 1. The third kappa shape index (κ3) is 2.55. The first-order valence-electron chi connectivity index (χ1n) is 6.65. The Morgan fingerprint density at radius 3 is 2.95 bits per heavy atom. The predicted octanol–water partition coefficient (Wildman–Crippen LogP) is 2.77. The van der Waals surface area contributed by atoms with E-state index in [1.807, 2.05) is 25.1 Å². The summed E-state index contributed by atoms with van der Waals surface area (Å²) in [5.74, 6) is 2.14. The van der Waals surface area contributed by atoms with Crippen LogP contribution in [0.5, 0.6) is 5.75 Å². The minimum atomic E-state index is 0.513. The minimum absolute atomic E-state index is 0.513. The Bertz CT molecular complexity index is 595. The molecule has 0 fully saturated rings. The zero-order chi connectivity index (χ0) is 13.2. The van der Waals surface area contributed by atoms with Gasteiger partial charge in [0.15, 0.2) is 0 Å². The summed E-state index contributed by atoms with van der Waals surface area (Å²) in [6.07, 6.45) is 2.06. The van der Waals surface area contributed by atoms with Crippen LogP contribution in [0.3, 0.4) is 0 Å². The molecule has 1 aliphatic rings. The van der Waals surface area contributed by atoms with E-state index >= 15 is 0 Å². The second-order valence-corrected chi connectivity index (χ2v) is 5.17. The Morgan fingerprint density at radius 1 is 1.26 bits per heavy atom. The number of anilines is 1. The molecule has 3 rings (SSSR count). The molecule has 1 aromatic carbocycles. The summed E-state index contributed by atoms with van der Waals surface area (Å²) in [6, 6.07) is 12.2. The largest absolute Gasteiger partial charge is 0.493 e. The van der Waals surface area contributed by atoms with Gasteiger partial charge >= 0.3 is 0 Å². The van der Waals surface area contributed by atoms with E-state index in [1.54, 1.807) is 0 Å². The van der Waals surface area contributed by atoms with Gasteiger partial charge in [0.05, 0.1) is 6.61 Å². The molecule has 2 N–H and O–H groups in total. The summed E-state index contributed by atoms with van der Waals surface area (Å²) >= 11 is 0. The molecule has 1 aromatic heterocycles. The quantitative estimate of drug-likeness (QED) is 0.896. The van der Waals surface area contributed by atoms with Crippen LogP contribution >= 0.6 is 0 Å². The van der Waals surface area contributed by atoms with Crippen LogP contribution in [0.2, 0.25) is 0 Å². The van der Waals surface area contributed by atoms with E-state index in [-0.39, 0.29) is 0 Å². The first-order valence-corrected chi connectivity index (χ1v) is 6.65. The Kier molecular flexibility index (Phi) is 3.11. The summed E-state index contributed by atoms with van der Waals surface area (Å²) in [5, 5.41) is 0. The molecule has 0 radical (unpaired) electrons. The highest BCUT2D eigenvalue weighted by atomic mass is 16.5. The molecule has 0 saturated carbocycles. The van der Waals surface area contributed by atoms with Gasteiger partial charge in [-0.05, 0) is 43.0 Å². The van der Waals surface area contributed by atoms with Crippen LogP contribution in [0.1, 0.15) is 16.8 Å². The molecule has 0 aliphatic carbocycles. The van der Waals surface area contributed by atoms with Gasteiger partial charge in [-0.2, -0.15) is 0 Å². The van der Waals surface area contributed by atoms with Crippen LogP contribution in [-0.2, 0) is 12.8 Å². The summed E-state index contributed by atoms with van der Waals surface area (Å²) in [4.78, 5) is 4.32. The second kappa shape index (κ2) is 4.92. The van der Waals surface area contributed by atoms with Crippen LogP contribution in [0.15, 0.2) is 36.4 Å². The number of rotatable bonds is 2. The Balaban J connectivity index is 1.75. The van der Waals surface area contributed by atoms with Crippen molar-refractivity contribution in [2.45, 2.75) is 19.8 Å².